The van der Waals surface area contributed by atoms with Crippen molar-refractivity contribution in [1.29, 1.82) is 0 Å². The molecule has 6 nitrogen and oxygen atoms in total. The molecule has 146 valence electrons. The highest BCUT2D eigenvalue weighted by Gasteiger charge is 2.30. The summed E-state index contributed by atoms with van der Waals surface area (Å²) < 4.78 is 18.6. The van der Waals surface area contributed by atoms with E-state index in [2.05, 4.69) is 20.4 Å². The lowest BCUT2D eigenvalue weighted by Crippen LogP contribution is -2.41. The Hall–Kier alpha value is -2.58. The number of thiophene rings is 1. The van der Waals surface area contributed by atoms with Gasteiger partial charge in [-0.3, -0.25) is 9.69 Å². The molecule has 0 bridgehead atoms. The number of carbonyl (C=O) groups excluding carboxylic acids is 1. The van der Waals surface area contributed by atoms with E-state index < -0.39 is 0 Å². The Kier molecular flexibility index (Phi) is 5.78. The van der Waals surface area contributed by atoms with Crippen molar-refractivity contribution in [2.45, 2.75) is 31.8 Å². The molecular weight excluding hydrogens is 379 g/mol. The van der Waals surface area contributed by atoms with Crippen molar-refractivity contribution in [3.8, 4) is 11.4 Å². The van der Waals surface area contributed by atoms with E-state index in [1.54, 1.807) is 23.5 Å². The van der Waals surface area contributed by atoms with Crippen LogP contribution in [0.3, 0.4) is 0 Å². The fourth-order valence-corrected chi connectivity index (χ4v) is 4.03. The predicted molar refractivity (Wildman–Crippen MR) is 104 cm³/mol. The van der Waals surface area contributed by atoms with Crippen LogP contribution in [0.2, 0.25) is 0 Å². The van der Waals surface area contributed by atoms with Gasteiger partial charge in [0.05, 0.1) is 19.1 Å². The minimum Gasteiger partial charge on any atom is -0.350 e. The fraction of sp³-hybridized carbons (Fsp3) is 0.350. The van der Waals surface area contributed by atoms with Gasteiger partial charge in [0.25, 0.3) is 0 Å². The number of benzene rings is 1. The number of hydrogen-bond acceptors (Lipinski definition) is 6. The fourth-order valence-electron chi connectivity index (χ4n) is 3.39. The number of nitrogens with zero attached hydrogens (tertiary/aromatic N) is 3. The first-order chi connectivity index (χ1) is 13.7. The molecule has 28 heavy (non-hydrogen) atoms. The Bertz CT molecular complexity index is 911. The monoisotopic (exact) mass is 400 g/mol. The Balaban J connectivity index is 1.42. The molecule has 1 fully saturated rings. The SMILES string of the molecule is O=C(CN1CCCC[C@H]1c1nc(-c2ccc(F)cc2)no1)NCc1cccs1. The van der Waals surface area contributed by atoms with Gasteiger partial charge in [-0.05, 0) is 55.1 Å². The molecule has 4 rings (SSSR count). The molecular formula is C20H21FN4O2S. The summed E-state index contributed by atoms with van der Waals surface area (Å²) in [6.07, 6.45) is 2.95. The Labute approximate surface area is 166 Å². The van der Waals surface area contributed by atoms with Gasteiger partial charge in [0.1, 0.15) is 5.82 Å². The number of likely N-dealkylation sites (tertiary alicyclic amines) is 1. The number of nitrogens with one attached hydrogen (secondary N) is 1. The molecule has 1 saturated heterocycles. The number of halogens is 1. The first kappa shape index (κ1) is 18.8. The minimum absolute atomic E-state index is 0.0152. The van der Waals surface area contributed by atoms with Crippen molar-refractivity contribution in [3.63, 3.8) is 0 Å². The molecule has 2 aromatic heterocycles. The molecule has 8 heteroatoms. The molecule has 1 aromatic carbocycles. The first-order valence-electron chi connectivity index (χ1n) is 9.32. The third-order valence-corrected chi connectivity index (χ3v) is 5.71. The Morgan fingerprint density at radius 2 is 2.14 bits per heavy atom. The van der Waals surface area contributed by atoms with Crippen LogP contribution >= 0.6 is 11.3 Å². The van der Waals surface area contributed by atoms with Crippen LogP contribution in [-0.2, 0) is 11.3 Å². The summed E-state index contributed by atoms with van der Waals surface area (Å²) in [6.45, 7) is 1.65. The zero-order chi connectivity index (χ0) is 19.3. The van der Waals surface area contributed by atoms with Gasteiger partial charge in [-0.1, -0.05) is 17.6 Å². The third-order valence-electron chi connectivity index (χ3n) is 4.83. The molecule has 0 radical (unpaired) electrons. The Morgan fingerprint density at radius 3 is 2.93 bits per heavy atom. The highest BCUT2D eigenvalue weighted by Crippen LogP contribution is 2.30. The van der Waals surface area contributed by atoms with Gasteiger partial charge in [-0.15, -0.1) is 11.3 Å². The molecule has 0 saturated carbocycles. The smallest absolute Gasteiger partial charge is 0.244 e. The van der Waals surface area contributed by atoms with Crippen LogP contribution in [0.15, 0.2) is 46.3 Å². The van der Waals surface area contributed by atoms with Gasteiger partial charge in [-0.2, -0.15) is 4.98 Å². The van der Waals surface area contributed by atoms with Crippen molar-refractivity contribution in [3.05, 3.63) is 58.4 Å². The summed E-state index contributed by atoms with van der Waals surface area (Å²) in [6, 6.07) is 9.89. The zero-order valence-electron chi connectivity index (χ0n) is 15.3. The van der Waals surface area contributed by atoms with Crippen LogP contribution in [0, 0.1) is 5.82 Å². The molecule has 0 spiro atoms. The maximum atomic E-state index is 13.1. The van der Waals surface area contributed by atoms with E-state index >= 15 is 0 Å². The highest BCUT2D eigenvalue weighted by atomic mass is 32.1. The standard InChI is InChI=1S/C20H21FN4O2S/c21-15-8-6-14(7-9-15)19-23-20(27-24-19)17-5-1-2-10-25(17)13-18(26)22-12-16-4-3-11-28-16/h3-4,6-9,11,17H,1-2,5,10,12-13H2,(H,22,26)/t17-/m0/s1. The highest BCUT2D eigenvalue weighted by molar-refractivity contribution is 7.09. The minimum atomic E-state index is -0.306. The molecule has 1 amide bonds. The largest absolute Gasteiger partial charge is 0.350 e. The van der Waals surface area contributed by atoms with Gasteiger partial charge in [0.2, 0.25) is 17.6 Å². The third kappa shape index (κ3) is 4.45. The van der Waals surface area contributed by atoms with Gasteiger partial charge in [0, 0.05) is 10.4 Å². The predicted octanol–water partition coefficient (Wildman–Crippen LogP) is 3.78. The lowest BCUT2D eigenvalue weighted by atomic mass is 10.0. The van der Waals surface area contributed by atoms with E-state index in [1.807, 2.05) is 17.5 Å². The van der Waals surface area contributed by atoms with E-state index in [4.69, 9.17) is 4.52 Å². The Morgan fingerprint density at radius 1 is 1.29 bits per heavy atom. The molecule has 1 aliphatic rings. The van der Waals surface area contributed by atoms with Crippen molar-refractivity contribution >= 4 is 17.2 Å². The van der Waals surface area contributed by atoms with Crippen LogP contribution in [-0.4, -0.2) is 34.0 Å². The second-order valence-electron chi connectivity index (χ2n) is 6.80. The molecule has 3 heterocycles. The normalized spacial score (nSPS) is 17.5. The summed E-state index contributed by atoms with van der Waals surface area (Å²) in [5, 5.41) is 9.01. The molecule has 3 aromatic rings. The van der Waals surface area contributed by atoms with E-state index in [-0.39, 0.29) is 17.8 Å². The van der Waals surface area contributed by atoms with Gasteiger partial charge in [0.15, 0.2) is 0 Å². The van der Waals surface area contributed by atoms with Gasteiger partial charge >= 0.3 is 0 Å². The number of aromatic nitrogens is 2. The summed E-state index contributed by atoms with van der Waals surface area (Å²) in [5.74, 6) is 0.616. The lowest BCUT2D eigenvalue weighted by molar-refractivity contribution is -0.123. The summed E-state index contributed by atoms with van der Waals surface area (Å²) in [7, 11) is 0. The van der Waals surface area contributed by atoms with Crippen molar-refractivity contribution in [2.24, 2.45) is 0 Å². The van der Waals surface area contributed by atoms with Crippen LogP contribution in [0.4, 0.5) is 4.39 Å². The first-order valence-corrected chi connectivity index (χ1v) is 10.2. The number of piperidine rings is 1. The molecule has 1 aliphatic heterocycles. The van der Waals surface area contributed by atoms with Crippen molar-refractivity contribution in [1.82, 2.24) is 20.4 Å². The van der Waals surface area contributed by atoms with Crippen LogP contribution < -0.4 is 5.32 Å². The second-order valence-corrected chi connectivity index (χ2v) is 7.83. The maximum Gasteiger partial charge on any atom is 0.244 e. The van der Waals surface area contributed by atoms with Crippen molar-refractivity contribution < 1.29 is 13.7 Å². The number of hydrogen-bond donors (Lipinski definition) is 1. The quantitative estimate of drug-likeness (QED) is 0.682. The van der Waals surface area contributed by atoms with E-state index in [0.29, 0.717) is 30.4 Å². The van der Waals surface area contributed by atoms with Crippen molar-refractivity contribution in [2.75, 3.05) is 13.1 Å². The maximum absolute atomic E-state index is 13.1. The van der Waals surface area contributed by atoms with Gasteiger partial charge < -0.3 is 9.84 Å². The molecule has 0 unspecified atom stereocenters. The number of rotatable bonds is 6. The zero-order valence-corrected chi connectivity index (χ0v) is 16.1. The van der Waals surface area contributed by atoms with Gasteiger partial charge in [-0.25, -0.2) is 4.39 Å². The van der Waals surface area contributed by atoms with Crippen LogP contribution in [0.5, 0.6) is 0 Å². The average molecular weight is 400 g/mol. The number of amides is 1. The average Bonchev–Trinajstić information content (AvgIpc) is 3.40. The topological polar surface area (TPSA) is 71.3 Å². The van der Waals surface area contributed by atoms with Crippen LogP contribution in [0.1, 0.15) is 36.1 Å². The lowest BCUT2D eigenvalue weighted by Gasteiger charge is -2.32. The van der Waals surface area contributed by atoms with Crippen LogP contribution in [0.25, 0.3) is 11.4 Å². The summed E-state index contributed by atoms with van der Waals surface area (Å²) >= 11 is 1.62. The summed E-state index contributed by atoms with van der Waals surface area (Å²) in [4.78, 5) is 20.1. The summed E-state index contributed by atoms with van der Waals surface area (Å²) in [5.41, 5.74) is 0.701. The van der Waals surface area contributed by atoms with E-state index in [9.17, 15) is 9.18 Å². The second kappa shape index (κ2) is 8.62. The molecule has 1 N–H and O–H groups in total. The van der Waals surface area contributed by atoms with E-state index in [1.165, 1.54) is 12.1 Å². The molecule has 0 aliphatic carbocycles. The number of carbonyl (C=O) groups is 1. The molecule has 1 atom stereocenters. The van der Waals surface area contributed by atoms with E-state index in [0.717, 1.165) is 30.7 Å².